The first-order valence-electron chi connectivity index (χ1n) is 29.2. The van der Waals surface area contributed by atoms with Crippen LogP contribution in [0.25, 0.3) is 32.0 Å². The normalized spacial score (nSPS) is 15.7. The third-order valence-corrected chi connectivity index (χ3v) is 18.8. The number of carbonyl (C=O) groups is 5. The molecule has 4 N–H and O–H groups in total. The van der Waals surface area contributed by atoms with Gasteiger partial charge in [-0.3, -0.25) is 24.5 Å². The fourth-order valence-corrected chi connectivity index (χ4v) is 13.7. The quantitative estimate of drug-likeness (QED) is 0.0345. The van der Waals surface area contributed by atoms with Gasteiger partial charge >= 0.3 is 5.97 Å². The highest BCUT2D eigenvalue weighted by Gasteiger charge is 2.45. The van der Waals surface area contributed by atoms with E-state index in [4.69, 9.17) is 14.5 Å². The number of para-hydroxylation sites is 1. The summed E-state index contributed by atoms with van der Waals surface area (Å²) in [6.07, 6.45) is 9.19. The van der Waals surface area contributed by atoms with Gasteiger partial charge in [0.05, 0.1) is 52.2 Å². The summed E-state index contributed by atoms with van der Waals surface area (Å²) in [5.41, 5.74) is 9.72. The summed E-state index contributed by atoms with van der Waals surface area (Å²) >= 11 is 4.48. The van der Waals surface area contributed by atoms with Crippen molar-refractivity contribution < 1.29 is 38.6 Å². The smallest absolute Gasteiger partial charge is 0.357 e. The molecule has 2 aliphatic rings. The van der Waals surface area contributed by atoms with Crippen molar-refractivity contribution in [2.45, 2.75) is 130 Å². The van der Waals surface area contributed by atoms with E-state index in [0.29, 0.717) is 72.1 Å². The van der Waals surface area contributed by atoms with Crippen molar-refractivity contribution in [3.63, 3.8) is 0 Å². The van der Waals surface area contributed by atoms with Crippen LogP contribution in [0.3, 0.4) is 0 Å². The number of unbranched alkanes of at least 4 members (excludes halogenated alkanes) is 3. The number of rotatable bonds is 23. The second kappa shape index (κ2) is 27.6. The van der Waals surface area contributed by atoms with E-state index in [2.05, 4.69) is 46.9 Å². The number of methoxy groups -OCH3 is 1. The third kappa shape index (κ3) is 14.8. The van der Waals surface area contributed by atoms with Crippen LogP contribution in [0.15, 0.2) is 109 Å². The lowest BCUT2D eigenvalue weighted by Gasteiger charge is -2.35. The molecule has 10 rings (SSSR count). The van der Waals surface area contributed by atoms with Crippen molar-refractivity contribution in [1.82, 2.24) is 40.5 Å². The van der Waals surface area contributed by atoms with E-state index in [1.54, 1.807) is 11.3 Å². The molecule has 6 heterocycles. The van der Waals surface area contributed by atoms with Gasteiger partial charge in [0.15, 0.2) is 21.8 Å². The highest BCUT2D eigenvalue weighted by molar-refractivity contribution is 7.22. The average molecular weight is 1220 g/mol. The maximum absolute atomic E-state index is 14.2. The summed E-state index contributed by atoms with van der Waals surface area (Å²) in [5, 5.41) is 21.0. The summed E-state index contributed by atoms with van der Waals surface area (Å²) in [7, 11) is 1.36. The van der Waals surface area contributed by atoms with Crippen molar-refractivity contribution in [2.75, 3.05) is 37.0 Å². The number of amides is 4. The molecule has 4 atom stereocenters. The largest absolute Gasteiger partial charge is 0.494 e. The van der Waals surface area contributed by atoms with E-state index in [0.717, 1.165) is 91.1 Å². The highest BCUT2D eigenvalue weighted by atomic mass is 32.1. The van der Waals surface area contributed by atoms with Crippen molar-refractivity contribution in [3.05, 3.63) is 153 Å². The highest BCUT2D eigenvalue weighted by Crippen LogP contribution is 2.35. The van der Waals surface area contributed by atoms with Gasteiger partial charge in [0.1, 0.15) is 17.8 Å². The number of aliphatic hydroxyl groups is 1. The predicted molar refractivity (Wildman–Crippen MR) is 337 cm³/mol. The van der Waals surface area contributed by atoms with Gasteiger partial charge in [-0.15, -0.1) is 22.7 Å². The first kappa shape index (κ1) is 61.1. The number of aliphatic hydroxyl groups excluding tert-OH is 1. The van der Waals surface area contributed by atoms with E-state index in [1.807, 2.05) is 137 Å². The fraction of sp³-hybridized carbons (Fsp3) is 0.385. The molecule has 448 valence electrons. The van der Waals surface area contributed by atoms with Gasteiger partial charge < -0.3 is 35.0 Å². The Labute approximate surface area is 512 Å². The molecule has 4 amide bonds. The second-order valence-corrected chi connectivity index (χ2v) is 26.0. The number of aromatic nitrogens is 5. The lowest BCUT2D eigenvalue weighted by atomic mass is 9.85. The number of benzene rings is 4. The van der Waals surface area contributed by atoms with Gasteiger partial charge in [0.25, 0.3) is 5.91 Å². The molecule has 86 heavy (non-hydrogen) atoms. The summed E-state index contributed by atoms with van der Waals surface area (Å²) < 4.78 is 12.3. The van der Waals surface area contributed by atoms with Gasteiger partial charge in [-0.25, -0.2) is 29.7 Å². The Bertz CT molecular complexity index is 3660. The van der Waals surface area contributed by atoms with E-state index in [9.17, 15) is 29.1 Å². The minimum Gasteiger partial charge on any atom is -0.494 e. The number of nitrogens with zero attached hydrogens (tertiary/aromatic N) is 7. The monoisotopic (exact) mass is 1220 g/mol. The SMILES string of the molecule is COC(=O)c1nc(N2CCc3cccc(C(=O)Nc4nc5ccccc5s4)c3C2)sc1CCCOc1ccc(-c2ncc(CCCCCCC(=O)N[C@H](C(=O)N3C[C@H](O)C[C@H]3C(=O)N[C@@H](C)c3ccc(-c4scnc4C)cc3)C(C)(C)C)cn2)cc1. The Morgan fingerprint density at radius 3 is 2.31 bits per heavy atom. The zero-order valence-corrected chi connectivity index (χ0v) is 51.7. The van der Waals surface area contributed by atoms with E-state index < -0.39 is 29.6 Å². The lowest BCUT2D eigenvalue weighted by Crippen LogP contribution is -2.57. The lowest BCUT2D eigenvalue weighted by molar-refractivity contribution is -0.144. The van der Waals surface area contributed by atoms with E-state index in [-0.39, 0.29) is 49.1 Å². The van der Waals surface area contributed by atoms with Crippen LogP contribution in [0.4, 0.5) is 10.3 Å². The molecule has 0 radical (unpaired) electrons. The minimum atomic E-state index is -0.888. The Morgan fingerprint density at radius 1 is 0.826 bits per heavy atom. The molecule has 0 spiro atoms. The molecule has 2 aliphatic heterocycles. The van der Waals surface area contributed by atoms with Gasteiger partial charge in [-0.2, -0.15) is 0 Å². The first-order chi connectivity index (χ1) is 41.5. The van der Waals surface area contributed by atoms with Crippen LogP contribution in [0, 0.1) is 12.3 Å². The van der Waals surface area contributed by atoms with E-state index >= 15 is 0 Å². The zero-order chi connectivity index (χ0) is 60.5. The van der Waals surface area contributed by atoms with Gasteiger partial charge in [-0.05, 0) is 128 Å². The molecule has 0 unspecified atom stereocenters. The fourth-order valence-electron chi connectivity index (χ4n) is 10.9. The number of thiazole rings is 3. The van der Waals surface area contributed by atoms with Crippen LogP contribution in [0.5, 0.6) is 5.75 Å². The Hall–Kier alpha value is -7.98. The molecule has 0 saturated carbocycles. The van der Waals surface area contributed by atoms with Crippen LogP contribution in [-0.2, 0) is 44.9 Å². The predicted octanol–water partition coefficient (Wildman–Crippen LogP) is 11.1. The molecule has 0 aliphatic carbocycles. The maximum Gasteiger partial charge on any atom is 0.357 e. The summed E-state index contributed by atoms with van der Waals surface area (Å²) in [4.78, 5) is 96.4. The second-order valence-electron chi connectivity index (χ2n) is 23.0. The summed E-state index contributed by atoms with van der Waals surface area (Å²) in [5.74, 6) is -0.366. The number of esters is 1. The third-order valence-electron chi connectivity index (χ3n) is 15.7. The molecule has 18 nitrogen and oxygen atoms in total. The Balaban J connectivity index is 0.638. The summed E-state index contributed by atoms with van der Waals surface area (Å²) in [6, 6.07) is 27.1. The molecule has 8 aromatic rings. The molecule has 21 heteroatoms. The number of ether oxygens (including phenoxy) is 2. The summed E-state index contributed by atoms with van der Waals surface area (Å²) in [6.45, 7) is 11.1. The van der Waals surface area contributed by atoms with Crippen LogP contribution in [0.1, 0.15) is 132 Å². The van der Waals surface area contributed by atoms with Crippen molar-refractivity contribution >= 4 is 84.1 Å². The van der Waals surface area contributed by atoms with Gasteiger partial charge in [0, 0.05) is 60.9 Å². The number of hydrogen-bond acceptors (Lipinski definition) is 17. The first-order valence-corrected chi connectivity index (χ1v) is 31.7. The number of nitrogens with one attached hydrogen (secondary N) is 3. The molecule has 4 aromatic heterocycles. The number of hydrogen-bond donors (Lipinski definition) is 4. The van der Waals surface area contributed by atoms with E-state index in [1.165, 1.54) is 34.7 Å². The Kier molecular flexibility index (Phi) is 19.6. The number of β-amino-alcohol motifs (C(OH)–C–C–N with tert-alkyl or cyclic N) is 1. The van der Waals surface area contributed by atoms with Crippen LogP contribution in [-0.4, -0.2) is 110 Å². The average Bonchev–Trinajstić information content (AvgIpc) is 2.74. The van der Waals surface area contributed by atoms with Gasteiger partial charge in [-0.1, -0.05) is 93.5 Å². The molecule has 1 saturated heterocycles. The number of likely N-dealkylation sites (tertiary alicyclic amines) is 1. The van der Waals surface area contributed by atoms with Gasteiger partial charge in [0.2, 0.25) is 17.7 Å². The van der Waals surface area contributed by atoms with Crippen molar-refractivity contribution in [3.8, 4) is 27.6 Å². The molecule has 1 fully saturated rings. The number of fused-ring (bicyclic) bond motifs is 2. The molecule has 4 aromatic carbocycles. The van der Waals surface area contributed by atoms with Crippen molar-refractivity contribution in [2.24, 2.45) is 5.41 Å². The number of aryl methyl sites for hydroxylation is 3. The number of carbonyl (C=O) groups excluding carboxylic acids is 5. The molecular weight excluding hydrogens is 1140 g/mol. The van der Waals surface area contributed by atoms with Crippen molar-refractivity contribution in [1.29, 1.82) is 0 Å². The van der Waals surface area contributed by atoms with Crippen LogP contribution in [0.2, 0.25) is 0 Å². The zero-order valence-electron chi connectivity index (χ0n) is 49.3. The Morgan fingerprint density at radius 2 is 1.58 bits per heavy atom. The standard InChI is InChI=1S/C65H72N10O8S3/c1-39(42-22-24-44(25-23-42)56-40(2)68-38-84-56)69-60(79)51-33-46(76)36-75(51)61(80)57(65(3,4)5)71-54(77)21-10-8-7-9-15-41-34-66-58(67-35-41)45-26-28-47(29-27-45)83-32-14-20-53-55(62(81)82-6)72-64(86-53)74-31-30-43-16-13-17-48(49(43)37-74)59(78)73-63-70-50-18-11-12-19-52(50)85-63/h11-13,16-19,22-29,34-35,38-39,46,51,57,76H,7-10,14-15,20-21,30-33,36-37H2,1-6H3,(H,69,79)(H,71,77)(H,70,73,78)/t39-,46+,51-,57+/m0/s1. The maximum atomic E-state index is 14.2. The topological polar surface area (TPSA) is 231 Å². The molecular formula is C65H72N10O8S3. The molecule has 0 bridgehead atoms. The number of anilines is 2. The minimum absolute atomic E-state index is 0.00892. The van der Waals surface area contributed by atoms with Crippen LogP contribution < -0.4 is 25.6 Å². The van der Waals surface area contributed by atoms with Crippen LogP contribution >= 0.6 is 34.0 Å².